The van der Waals surface area contributed by atoms with Crippen LogP contribution in [0.1, 0.15) is 16.7 Å². The Morgan fingerprint density at radius 1 is 1.09 bits per heavy atom. The van der Waals surface area contributed by atoms with Gasteiger partial charge in [-0.3, -0.25) is 4.79 Å². The predicted octanol–water partition coefficient (Wildman–Crippen LogP) is 6.24. The topological polar surface area (TPSA) is 59.9 Å². The SMILES string of the molecule is COc1ccc(N=C2NC(=O)/C(=C\c3cc(Br)ccc3OCc3cccc(C)c3)S2)cc1. The van der Waals surface area contributed by atoms with Gasteiger partial charge in [0.25, 0.3) is 5.91 Å². The minimum atomic E-state index is -0.188. The number of nitrogens with one attached hydrogen (secondary N) is 1. The fourth-order valence-electron chi connectivity index (χ4n) is 3.12. The second kappa shape index (κ2) is 10.1. The number of ether oxygens (including phenoxy) is 2. The average Bonchev–Trinajstić information content (AvgIpc) is 3.12. The van der Waals surface area contributed by atoms with Crippen LogP contribution >= 0.6 is 27.7 Å². The molecule has 1 heterocycles. The van der Waals surface area contributed by atoms with Gasteiger partial charge in [0.05, 0.1) is 17.7 Å². The molecule has 0 radical (unpaired) electrons. The summed E-state index contributed by atoms with van der Waals surface area (Å²) in [6.07, 6.45) is 1.83. The summed E-state index contributed by atoms with van der Waals surface area (Å²) in [5.74, 6) is 1.27. The number of rotatable bonds is 6. The number of carbonyl (C=O) groups excluding carboxylic acids is 1. The number of carbonyl (C=O) groups is 1. The van der Waals surface area contributed by atoms with E-state index in [-0.39, 0.29) is 5.91 Å². The van der Waals surface area contributed by atoms with Crippen molar-refractivity contribution in [3.8, 4) is 11.5 Å². The van der Waals surface area contributed by atoms with E-state index in [1.165, 1.54) is 17.3 Å². The lowest BCUT2D eigenvalue weighted by Gasteiger charge is -2.11. The normalized spacial score (nSPS) is 15.8. The summed E-state index contributed by atoms with van der Waals surface area (Å²) in [6.45, 7) is 2.50. The molecule has 1 saturated heterocycles. The van der Waals surface area contributed by atoms with Crippen molar-refractivity contribution in [2.24, 2.45) is 4.99 Å². The smallest absolute Gasteiger partial charge is 0.264 e. The third kappa shape index (κ3) is 5.60. The first-order valence-corrected chi connectivity index (χ1v) is 11.5. The van der Waals surface area contributed by atoms with E-state index in [9.17, 15) is 4.79 Å². The van der Waals surface area contributed by atoms with Crippen LogP contribution in [-0.2, 0) is 11.4 Å². The number of thioether (sulfide) groups is 1. The van der Waals surface area contributed by atoms with Crippen LogP contribution in [0.5, 0.6) is 11.5 Å². The molecule has 1 N–H and O–H groups in total. The first-order valence-electron chi connectivity index (χ1n) is 9.92. The molecular weight excluding hydrogens is 488 g/mol. The minimum absolute atomic E-state index is 0.188. The van der Waals surface area contributed by atoms with E-state index in [1.807, 2.05) is 60.7 Å². The zero-order valence-corrected chi connectivity index (χ0v) is 20.0. The molecule has 0 aromatic heterocycles. The predicted molar refractivity (Wildman–Crippen MR) is 133 cm³/mol. The number of benzene rings is 3. The third-order valence-electron chi connectivity index (χ3n) is 4.69. The number of halogens is 1. The Balaban J connectivity index is 1.54. The van der Waals surface area contributed by atoms with Crippen LogP contribution in [0, 0.1) is 6.92 Å². The van der Waals surface area contributed by atoms with Gasteiger partial charge in [-0.1, -0.05) is 45.8 Å². The van der Waals surface area contributed by atoms with Crippen LogP contribution in [0.3, 0.4) is 0 Å². The van der Waals surface area contributed by atoms with Gasteiger partial charge in [-0.2, -0.15) is 0 Å². The average molecular weight is 509 g/mol. The zero-order chi connectivity index (χ0) is 22.5. The van der Waals surface area contributed by atoms with Crippen molar-refractivity contribution in [2.75, 3.05) is 7.11 Å². The van der Waals surface area contributed by atoms with Crippen LogP contribution < -0.4 is 14.8 Å². The van der Waals surface area contributed by atoms with Crippen LogP contribution in [-0.4, -0.2) is 18.2 Å². The highest BCUT2D eigenvalue weighted by Crippen LogP contribution is 2.32. The van der Waals surface area contributed by atoms with Crippen molar-refractivity contribution in [1.29, 1.82) is 0 Å². The minimum Gasteiger partial charge on any atom is -0.497 e. The maximum absolute atomic E-state index is 12.5. The number of hydrogen-bond donors (Lipinski definition) is 1. The maximum atomic E-state index is 12.5. The molecule has 5 nitrogen and oxygen atoms in total. The van der Waals surface area contributed by atoms with Crippen molar-refractivity contribution < 1.29 is 14.3 Å². The maximum Gasteiger partial charge on any atom is 0.264 e. The molecule has 1 aliphatic heterocycles. The van der Waals surface area contributed by atoms with E-state index >= 15 is 0 Å². The van der Waals surface area contributed by atoms with Crippen molar-refractivity contribution in [3.63, 3.8) is 0 Å². The van der Waals surface area contributed by atoms with Crippen LogP contribution in [0.4, 0.5) is 5.69 Å². The molecular formula is C25H21BrN2O3S. The molecule has 4 rings (SSSR count). The highest BCUT2D eigenvalue weighted by molar-refractivity contribution is 9.10. The second-order valence-corrected chi connectivity index (χ2v) is 9.09. The van der Waals surface area contributed by atoms with Gasteiger partial charge >= 0.3 is 0 Å². The Kier molecular flexibility index (Phi) is 6.97. The van der Waals surface area contributed by atoms with Crippen molar-refractivity contribution in [2.45, 2.75) is 13.5 Å². The molecule has 0 saturated carbocycles. The molecule has 32 heavy (non-hydrogen) atoms. The molecule has 0 unspecified atom stereocenters. The Hall–Kier alpha value is -3.03. The lowest BCUT2D eigenvalue weighted by atomic mass is 10.1. The number of aryl methyl sites for hydroxylation is 1. The standard InChI is InChI=1S/C25H21BrN2O3S/c1-16-4-3-5-17(12-16)15-31-22-11-6-19(26)13-18(22)14-23-24(29)28-25(32-23)27-20-7-9-21(30-2)10-8-20/h3-14H,15H2,1-2H3,(H,27,28,29)/b23-14+. The molecule has 1 amide bonds. The molecule has 3 aromatic carbocycles. The molecule has 1 fully saturated rings. The van der Waals surface area contributed by atoms with Gasteiger partial charge in [0.15, 0.2) is 5.17 Å². The summed E-state index contributed by atoms with van der Waals surface area (Å²) >= 11 is 4.81. The summed E-state index contributed by atoms with van der Waals surface area (Å²) in [5.41, 5.74) is 3.83. The van der Waals surface area contributed by atoms with Gasteiger partial charge in [0.2, 0.25) is 0 Å². The van der Waals surface area contributed by atoms with Gasteiger partial charge in [0.1, 0.15) is 18.1 Å². The Labute approximate surface area is 199 Å². The fraction of sp³-hybridized carbons (Fsp3) is 0.120. The van der Waals surface area contributed by atoms with E-state index in [0.29, 0.717) is 22.4 Å². The van der Waals surface area contributed by atoms with E-state index < -0.39 is 0 Å². The molecule has 0 bridgehead atoms. The Bertz CT molecular complexity index is 1210. The summed E-state index contributed by atoms with van der Waals surface area (Å²) in [4.78, 5) is 17.6. The van der Waals surface area contributed by atoms with Crippen LogP contribution in [0.15, 0.2) is 81.1 Å². The van der Waals surface area contributed by atoms with E-state index in [0.717, 1.165) is 27.0 Å². The van der Waals surface area contributed by atoms with Crippen LogP contribution in [0.2, 0.25) is 0 Å². The lowest BCUT2D eigenvalue weighted by molar-refractivity contribution is -0.115. The summed E-state index contributed by atoms with van der Waals surface area (Å²) in [5, 5.41) is 3.35. The van der Waals surface area contributed by atoms with E-state index in [1.54, 1.807) is 7.11 Å². The quantitative estimate of drug-likeness (QED) is 0.400. The number of methoxy groups -OCH3 is 1. The second-order valence-electron chi connectivity index (χ2n) is 7.14. The molecule has 3 aromatic rings. The van der Waals surface area contributed by atoms with Gasteiger partial charge in [-0.15, -0.1) is 0 Å². The Morgan fingerprint density at radius 3 is 2.66 bits per heavy atom. The van der Waals surface area contributed by atoms with Crippen molar-refractivity contribution >= 4 is 50.5 Å². The number of nitrogens with zero attached hydrogens (tertiary/aromatic N) is 1. The van der Waals surface area contributed by atoms with Gasteiger partial charge in [-0.05, 0) is 72.8 Å². The van der Waals surface area contributed by atoms with E-state index in [2.05, 4.69) is 45.3 Å². The Morgan fingerprint density at radius 2 is 1.91 bits per heavy atom. The fourth-order valence-corrected chi connectivity index (χ4v) is 4.33. The molecule has 1 aliphatic rings. The van der Waals surface area contributed by atoms with Crippen molar-refractivity contribution in [1.82, 2.24) is 5.32 Å². The van der Waals surface area contributed by atoms with Crippen LogP contribution in [0.25, 0.3) is 6.08 Å². The lowest BCUT2D eigenvalue weighted by Crippen LogP contribution is -2.19. The highest BCUT2D eigenvalue weighted by atomic mass is 79.9. The highest BCUT2D eigenvalue weighted by Gasteiger charge is 2.24. The zero-order valence-electron chi connectivity index (χ0n) is 17.6. The van der Waals surface area contributed by atoms with Crippen molar-refractivity contribution in [3.05, 3.63) is 92.8 Å². The largest absolute Gasteiger partial charge is 0.497 e. The van der Waals surface area contributed by atoms with Gasteiger partial charge in [-0.25, -0.2) is 4.99 Å². The molecule has 0 aliphatic carbocycles. The number of amidine groups is 1. The monoisotopic (exact) mass is 508 g/mol. The molecule has 162 valence electrons. The number of aliphatic imine (C=N–C) groups is 1. The number of hydrogen-bond acceptors (Lipinski definition) is 5. The first-order chi connectivity index (χ1) is 15.5. The van der Waals surface area contributed by atoms with Gasteiger partial charge < -0.3 is 14.8 Å². The first kappa shape index (κ1) is 22.2. The van der Waals surface area contributed by atoms with E-state index in [4.69, 9.17) is 9.47 Å². The summed E-state index contributed by atoms with van der Waals surface area (Å²) in [7, 11) is 1.62. The summed E-state index contributed by atoms with van der Waals surface area (Å²) in [6, 6.07) is 21.3. The third-order valence-corrected chi connectivity index (χ3v) is 6.09. The summed E-state index contributed by atoms with van der Waals surface area (Å²) < 4.78 is 12.1. The molecule has 0 atom stereocenters. The molecule has 0 spiro atoms. The van der Waals surface area contributed by atoms with Gasteiger partial charge in [0, 0.05) is 10.0 Å². The molecule has 7 heteroatoms. The number of amides is 1.